The van der Waals surface area contributed by atoms with Crippen molar-refractivity contribution in [3.63, 3.8) is 0 Å². The van der Waals surface area contributed by atoms with Gasteiger partial charge < -0.3 is 0 Å². The Morgan fingerprint density at radius 2 is 0.887 bits per heavy atom. The van der Waals surface area contributed by atoms with Crippen molar-refractivity contribution >= 4 is 42.3 Å². The number of thiophene rings is 1. The van der Waals surface area contributed by atoms with E-state index >= 15 is 0 Å². The molecule has 0 atom stereocenters. The van der Waals surface area contributed by atoms with Crippen LogP contribution in [0, 0.1) is 0 Å². The number of aromatic nitrogens is 2. The number of hydrogen-bond donors (Lipinski definition) is 0. The molecule has 0 radical (unpaired) electrons. The molecule has 0 saturated heterocycles. The van der Waals surface area contributed by atoms with E-state index in [2.05, 4.69) is 170 Å². The zero-order valence-corrected chi connectivity index (χ0v) is 29.6. The van der Waals surface area contributed by atoms with Crippen LogP contribution in [-0.2, 0) is 0 Å². The molecule has 0 spiro atoms. The van der Waals surface area contributed by atoms with Gasteiger partial charge in [0.05, 0.1) is 11.4 Å². The lowest BCUT2D eigenvalue weighted by atomic mass is 9.88. The molecule has 0 fully saturated rings. The molecule has 0 saturated carbocycles. The van der Waals surface area contributed by atoms with Crippen molar-refractivity contribution < 1.29 is 0 Å². The highest BCUT2D eigenvalue weighted by Crippen LogP contribution is 2.42. The van der Waals surface area contributed by atoms with Gasteiger partial charge in [0, 0.05) is 36.9 Å². The van der Waals surface area contributed by atoms with E-state index in [0.717, 1.165) is 50.3 Å². The average Bonchev–Trinajstić information content (AvgIpc) is 3.60. The zero-order chi connectivity index (χ0) is 35.1. The summed E-state index contributed by atoms with van der Waals surface area (Å²) in [6, 6.07) is 69.2. The molecule has 2 heterocycles. The van der Waals surface area contributed by atoms with Gasteiger partial charge in [-0.2, -0.15) is 0 Å². The smallest absolute Gasteiger partial charge is 0.160 e. The first-order chi connectivity index (χ1) is 26.2. The minimum absolute atomic E-state index is 0.708. The van der Waals surface area contributed by atoms with Crippen molar-refractivity contribution in [2.75, 3.05) is 0 Å². The fraction of sp³-hybridized carbons (Fsp3) is 0. The molecule has 10 rings (SSSR count). The molecular weight excluding hydrogens is 661 g/mol. The molecule has 10 aromatic rings. The van der Waals surface area contributed by atoms with Crippen molar-refractivity contribution in [1.29, 1.82) is 0 Å². The van der Waals surface area contributed by atoms with E-state index in [0.29, 0.717) is 5.82 Å². The summed E-state index contributed by atoms with van der Waals surface area (Å²) in [5.74, 6) is 0.708. The van der Waals surface area contributed by atoms with Crippen LogP contribution < -0.4 is 0 Å². The molecule has 248 valence electrons. The van der Waals surface area contributed by atoms with Gasteiger partial charge >= 0.3 is 0 Å². The van der Waals surface area contributed by atoms with Gasteiger partial charge in [0.15, 0.2) is 5.82 Å². The predicted molar refractivity (Wildman–Crippen MR) is 225 cm³/mol. The van der Waals surface area contributed by atoms with Crippen molar-refractivity contribution in [2.45, 2.75) is 0 Å². The Hall–Kier alpha value is -6.68. The molecule has 0 unspecified atom stereocenters. The van der Waals surface area contributed by atoms with Crippen molar-refractivity contribution in [1.82, 2.24) is 9.97 Å². The number of hydrogen-bond acceptors (Lipinski definition) is 3. The largest absolute Gasteiger partial charge is 0.228 e. The molecule has 0 aliphatic rings. The first-order valence-electron chi connectivity index (χ1n) is 17.9. The van der Waals surface area contributed by atoms with Crippen LogP contribution in [0.25, 0.3) is 98.2 Å². The second kappa shape index (κ2) is 13.1. The third-order valence-electron chi connectivity index (χ3n) is 10.1. The third-order valence-corrected chi connectivity index (χ3v) is 11.2. The Morgan fingerprint density at radius 3 is 1.62 bits per heavy atom. The SMILES string of the molecule is c1ccc(-c2cc(-c3cccc(-c4ccc(-c5ccc6sc7cc8ccccc8cc7c6c5)cc4)c3-c3ccccc3)nc(-c3ccccc3)n2)cc1. The van der Waals surface area contributed by atoms with Gasteiger partial charge in [0.2, 0.25) is 0 Å². The highest BCUT2D eigenvalue weighted by atomic mass is 32.1. The molecular formula is C50H32N2S. The Morgan fingerprint density at radius 1 is 0.321 bits per heavy atom. The summed E-state index contributed by atoms with van der Waals surface area (Å²) in [7, 11) is 0. The van der Waals surface area contributed by atoms with Gasteiger partial charge in [-0.3, -0.25) is 0 Å². The van der Waals surface area contributed by atoms with Gasteiger partial charge in [0.1, 0.15) is 0 Å². The van der Waals surface area contributed by atoms with Gasteiger partial charge in [-0.05, 0) is 74.5 Å². The van der Waals surface area contributed by atoms with Gasteiger partial charge in [-0.25, -0.2) is 9.97 Å². The Bertz CT molecular complexity index is 2860. The minimum atomic E-state index is 0.708. The molecule has 3 heteroatoms. The molecule has 53 heavy (non-hydrogen) atoms. The standard InChI is InChI=1S/C50H32N2S/c1-4-13-35(14-5-1)45-32-46(52-50(51-45)37-17-8-3-9-18-37)42-22-12-21-41(49(42)36-15-6-2-7-16-36)34-25-23-33(24-26-34)40-27-28-47-43(30-40)44-29-38-19-10-11-20-39(38)31-48(44)53-47/h1-32H. The molecule has 0 amide bonds. The first kappa shape index (κ1) is 31.1. The quantitative estimate of drug-likeness (QED) is 0.173. The maximum absolute atomic E-state index is 5.22. The topological polar surface area (TPSA) is 25.8 Å². The average molecular weight is 693 g/mol. The fourth-order valence-electron chi connectivity index (χ4n) is 7.46. The lowest BCUT2D eigenvalue weighted by Crippen LogP contribution is -1.98. The number of nitrogens with zero attached hydrogens (tertiary/aromatic N) is 2. The van der Waals surface area contributed by atoms with Crippen LogP contribution in [-0.4, -0.2) is 9.97 Å². The van der Waals surface area contributed by atoms with E-state index < -0.39 is 0 Å². The number of rotatable bonds is 6. The van der Waals surface area contributed by atoms with E-state index in [1.54, 1.807) is 0 Å². The van der Waals surface area contributed by atoms with Crippen LogP contribution in [0.2, 0.25) is 0 Å². The summed E-state index contributed by atoms with van der Waals surface area (Å²) in [6.07, 6.45) is 0. The molecule has 8 aromatic carbocycles. The van der Waals surface area contributed by atoms with E-state index in [1.165, 1.54) is 42.1 Å². The van der Waals surface area contributed by atoms with Crippen LogP contribution >= 0.6 is 11.3 Å². The van der Waals surface area contributed by atoms with Gasteiger partial charge in [-0.1, -0.05) is 164 Å². The molecule has 2 aromatic heterocycles. The molecule has 2 nitrogen and oxygen atoms in total. The Kier molecular flexibility index (Phi) is 7.71. The predicted octanol–water partition coefficient (Wildman–Crippen LogP) is 14.0. The zero-order valence-electron chi connectivity index (χ0n) is 28.8. The number of benzene rings is 8. The van der Waals surface area contributed by atoms with E-state index in [-0.39, 0.29) is 0 Å². The molecule has 0 N–H and O–H groups in total. The molecule has 0 bridgehead atoms. The summed E-state index contributed by atoms with van der Waals surface area (Å²) in [4.78, 5) is 10.3. The highest BCUT2D eigenvalue weighted by molar-refractivity contribution is 7.25. The first-order valence-corrected chi connectivity index (χ1v) is 18.7. The van der Waals surface area contributed by atoms with E-state index in [1.807, 2.05) is 35.6 Å². The summed E-state index contributed by atoms with van der Waals surface area (Å²) < 4.78 is 2.64. The maximum atomic E-state index is 5.22. The van der Waals surface area contributed by atoms with E-state index in [9.17, 15) is 0 Å². The van der Waals surface area contributed by atoms with Crippen molar-refractivity contribution in [3.05, 3.63) is 194 Å². The van der Waals surface area contributed by atoms with E-state index in [4.69, 9.17) is 9.97 Å². The van der Waals surface area contributed by atoms with Crippen molar-refractivity contribution in [3.8, 4) is 67.3 Å². The van der Waals surface area contributed by atoms with Crippen LogP contribution in [0.4, 0.5) is 0 Å². The minimum Gasteiger partial charge on any atom is -0.228 e. The maximum Gasteiger partial charge on any atom is 0.160 e. The third kappa shape index (κ3) is 5.78. The second-order valence-corrected chi connectivity index (χ2v) is 14.5. The monoisotopic (exact) mass is 692 g/mol. The summed E-state index contributed by atoms with van der Waals surface area (Å²) in [6.45, 7) is 0. The molecule has 0 aliphatic carbocycles. The second-order valence-electron chi connectivity index (χ2n) is 13.4. The fourth-order valence-corrected chi connectivity index (χ4v) is 8.58. The van der Waals surface area contributed by atoms with Gasteiger partial charge in [-0.15, -0.1) is 11.3 Å². The Labute approximate surface area is 312 Å². The normalized spacial score (nSPS) is 11.4. The summed E-state index contributed by atoms with van der Waals surface area (Å²) in [5, 5.41) is 5.20. The summed E-state index contributed by atoms with van der Waals surface area (Å²) >= 11 is 1.87. The lowest BCUT2D eigenvalue weighted by molar-refractivity contribution is 1.18. The molecule has 0 aliphatic heterocycles. The Balaban J connectivity index is 1.10. The van der Waals surface area contributed by atoms with Crippen LogP contribution in [0.15, 0.2) is 194 Å². The van der Waals surface area contributed by atoms with Crippen LogP contribution in [0.3, 0.4) is 0 Å². The van der Waals surface area contributed by atoms with Crippen molar-refractivity contribution in [2.24, 2.45) is 0 Å². The lowest BCUT2D eigenvalue weighted by Gasteiger charge is -2.17. The van der Waals surface area contributed by atoms with Crippen LogP contribution in [0.1, 0.15) is 0 Å². The van der Waals surface area contributed by atoms with Crippen LogP contribution in [0.5, 0.6) is 0 Å². The van der Waals surface area contributed by atoms with Gasteiger partial charge in [0.25, 0.3) is 0 Å². The summed E-state index contributed by atoms with van der Waals surface area (Å²) in [5.41, 5.74) is 11.9. The highest BCUT2D eigenvalue weighted by Gasteiger charge is 2.18. The number of fused-ring (bicyclic) bond motifs is 4.